The average Bonchev–Trinajstić information content (AvgIpc) is 3.45. The molecule has 0 saturated heterocycles. The van der Waals surface area contributed by atoms with Crippen molar-refractivity contribution in [2.24, 2.45) is 5.41 Å². The first-order chi connectivity index (χ1) is 13.2. The maximum atomic E-state index is 14.2. The lowest BCUT2D eigenvalue weighted by Crippen LogP contribution is -2.33. The monoisotopic (exact) mass is 402 g/mol. The highest BCUT2D eigenvalue weighted by atomic mass is 35.5. The lowest BCUT2D eigenvalue weighted by molar-refractivity contribution is -0.123. The van der Waals surface area contributed by atoms with Gasteiger partial charge in [-0.2, -0.15) is 0 Å². The van der Waals surface area contributed by atoms with Crippen LogP contribution in [-0.2, 0) is 11.3 Å². The lowest BCUT2D eigenvalue weighted by atomic mass is 9.95. The topological polar surface area (TPSA) is 49.4 Å². The zero-order chi connectivity index (χ0) is 20.5. The molecule has 1 aliphatic rings. The van der Waals surface area contributed by atoms with Crippen molar-refractivity contribution in [3.05, 3.63) is 64.4 Å². The molecule has 0 aromatic heterocycles. The lowest BCUT2D eigenvalue weighted by Gasteiger charge is -2.24. The highest BCUT2D eigenvalue weighted by Crippen LogP contribution is 2.32. The Labute approximate surface area is 169 Å². The van der Waals surface area contributed by atoms with Crippen LogP contribution in [0.15, 0.2) is 42.5 Å². The van der Waals surface area contributed by atoms with Gasteiger partial charge in [0.2, 0.25) is 5.91 Å². The predicted molar refractivity (Wildman–Crippen MR) is 109 cm³/mol. The van der Waals surface area contributed by atoms with Gasteiger partial charge in [0, 0.05) is 33.3 Å². The number of rotatable bonds is 5. The van der Waals surface area contributed by atoms with Gasteiger partial charge in [-0.1, -0.05) is 44.5 Å². The summed E-state index contributed by atoms with van der Waals surface area (Å²) in [5, 5.41) is 3.15. The maximum absolute atomic E-state index is 14.2. The summed E-state index contributed by atoms with van der Waals surface area (Å²) in [6.07, 6.45) is 1.77. The fraction of sp³-hybridized carbons (Fsp3) is 0.364. The average molecular weight is 403 g/mol. The molecule has 0 unspecified atom stereocenters. The van der Waals surface area contributed by atoms with Crippen LogP contribution in [-0.4, -0.2) is 22.8 Å². The van der Waals surface area contributed by atoms with E-state index >= 15 is 0 Å². The third-order valence-electron chi connectivity index (χ3n) is 4.69. The number of hydrogen-bond donors (Lipinski definition) is 1. The van der Waals surface area contributed by atoms with Crippen molar-refractivity contribution in [1.29, 1.82) is 0 Å². The van der Waals surface area contributed by atoms with Gasteiger partial charge in [0.15, 0.2) is 0 Å². The first kappa shape index (κ1) is 20.3. The molecular formula is C22H24ClFN2O2. The zero-order valence-corrected chi connectivity index (χ0v) is 17.0. The molecule has 0 atom stereocenters. The summed E-state index contributed by atoms with van der Waals surface area (Å²) >= 11 is 6.15. The molecule has 1 N–H and O–H groups in total. The van der Waals surface area contributed by atoms with Gasteiger partial charge < -0.3 is 10.2 Å². The van der Waals surface area contributed by atoms with Gasteiger partial charge in [0.1, 0.15) is 5.82 Å². The second-order valence-electron chi connectivity index (χ2n) is 8.15. The minimum atomic E-state index is -0.540. The fourth-order valence-corrected chi connectivity index (χ4v) is 3.04. The molecule has 0 heterocycles. The molecule has 4 nitrogen and oxygen atoms in total. The van der Waals surface area contributed by atoms with Crippen LogP contribution in [0, 0.1) is 11.2 Å². The molecule has 2 aromatic rings. The highest BCUT2D eigenvalue weighted by Gasteiger charge is 2.34. The molecule has 1 aliphatic carbocycles. The molecule has 0 aliphatic heterocycles. The van der Waals surface area contributed by atoms with E-state index in [1.165, 1.54) is 6.07 Å². The van der Waals surface area contributed by atoms with E-state index < -0.39 is 11.2 Å². The van der Waals surface area contributed by atoms with Crippen molar-refractivity contribution in [2.75, 3.05) is 5.32 Å². The van der Waals surface area contributed by atoms with Crippen LogP contribution in [0.3, 0.4) is 0 Å². The van der Waals surface area contributed by atoms with Crippen molar-refractivity contribution in [1.82, 2.24) is 4.90 Å². The zero-order valence-electron chi connectivity index (χ0n) is 16.3. The molecular weight excluding hydrogens is 379 g/mol. The van der Waals surface area contributed by atoms with Gasteiger partial charge in [-0.15, -0.1) is 0 Å². The molecule has 0 bridgehead atoms. The van der Waals surface area contributed by atoms with Crippen molar-refractivity contribution in [2.45, 2.75) is 46.2 Å². The molecule has 0 spiro atoms. The fourth-order valence-electron chi connectivity index (χ4n) is 2.82. The van der Waals surface area contributed by atoms with E-state index in [1.807, 2.05) is 20.8 Å². The summed E-state index contributed by atoms with van der Waals surface area (Å²) < 4.78 is 14.2. The van der Waals surface area contributed by atoms with Crippen LogP contribution >= 0.6 is 11.6 Å². The number of benzene rings is 2. The van der Waals surface area contributed by atoms with Crippen molar-refractivity contribution >= 4 is 29.1 Å². The van der Waals surface area contributed by atoms with Crippen LogP contribution < -0.4 is 5.32 Å². The third kappa shape index (κ3) is 4.71. The molecule has 2 aromatic carbocycles. The maximum Gasteiger partial charge on any atom is 0.254 e. The van der Waals surface area contributed by atoms with Gasteiger partial charge in [0.05, 0.1) is 6.54 Å². The number of amides is 2. The summed E-state index contributed by atoms with van der Waals surface area (Å²) in [7, 11) is 0. The van der Waals surface area contributed by atoms with Crippen LogP contribution in [0.1, 0.15) is 49.5 Å². The Morgan fingerprint density at radius 1 is 1.18 bits per heavy atom. The highest BCUT2D eigenvalue weighted by molar-refractivity contribution is 6.31. The number of halogens is 2. The van der Waals surface area contributed by atoms with E-state index in [9.17, 15) is 14.0 Å². The Kier molecular flexibility index (Phi) is 5.75. The number of anilines is 1. The summed E-state index contributed by atoms with van der Waals surface area (Å²) in [5.41, 5.74) is 0.792. The molecule has 3 rings (SSSR count). The standard InChI is InChI=1S/C22H24ClFN2O2/c1-22(2,3)21(28)25-15-7-4-6-14(12-15)20(27)26(16-10-11-16)13-17-18(23)8-5-9-19(17)24/h4-9,12,16H,10-11,13H2,1-3H3,(H,25,28). The number of carbonyl (C=O) groups is 2. The van der Waals surface area contributed by atoms with Gasteiger partial charge in [0.25, 0.3) is 5.91 Å². The Morgan fingerprint density at radius 2 is 1.86 bits per heavy atom. The van der Waals surface area contributed by atoms with Gasteiger partial charge in [-0.3, -0.25) is 9.59 Å². The van der Waals surface area contributed by atoms with Crippen molar-refractivity contribution in [3.8, 4) is 0 Å². The number of nitrogens with one attached hydrogen (secondary N) is 1. The van der Waals surface area contributed by atoms with Crippen LogP contribution in [0.25, 0.3) is 0 Å². The number of carbonyl (C=O) groups excluding carboxylic acids is 2. The van der Waals surface area contributed by atoms with Crippen molar-refractivity contribution < 1.29 is 14.0 Å². The van der Waals surface area contributed by atoms with E-state index in [4.69, 9.17) is 11.6 Å². The minimum absolute atomic E-state index is 0.0796. The van der Waals surface area contributed by atoms with Crippen molar-refractivity contribution in [3.63, 3.8) is 0 Å². The largest absolute Gasteiger partial charge is 0.331 e. The second-order valence-corrected chi connectivity index (χ2v) is 8.56. The molecule has 148 valence electrons. The predicted octanol–water partition coefficient (Wildman–Crippen LogP) is 5.27. The number of nitrogens with zero attached hydrogens (tertiary/aromatic N) is 1. The Balaban J connectivity index is 1.83. The quantitative estimate of drug-likeness (QED) is 0.740. The second kappa shape index (κ2) is 7.92. The summed E-state index contributed by atoms with van der Waals surface area (Å²) in [6, 6.07) is 11.4. The SMILES string of the molecule is CC(C)(C)C(=O)Nc1cccc(C(=O)N(Cc2c(F)cccc2Cl)C2CC2)c1. The van der Waals surface area contributed by atoms with E-state index in [0.717, 1.165) is 12.8 Å². The smallest absolute Gasteiger partial charge is 0.254 e. The van der Waals surface area contributed by atoms with Crippen LogP contribution in [0.2, 0.25) is 5.02 Å². The normalized spacial score (nSPS) is 13.9. The molecule has 2 amide bonds. The first-order valence-corrected chi connectivity index (χ1v) is 9.70. The van der Waals surface area contributed by atoms with Crippen LogP contribution in [0.5, 0.6) is 0 Å². The summed E-state index contributed by atoms with van der Waals surface area (Å²) in [5.74, 6) is -0.750. The molecule has 6 heteroatoms. The summed E-state index contributed by atoms with van der Waals surface area (Å²) in [6.45, 7) is 5.59. The number of hydrogen-bond acceptors (Lipinski definition) is 2. The van der Waals surface area contributed by atoms with E-state index in [-0.39, 0.29) is 24.4 Å². The van der Waals surface area contributed by atoms with E-state index in [0.29, 0.717) is 21.8 Å². The first-order valence-electron chi connectivity index (χ1n) is 9.32. The van der Waals surface area contributed by atoms with Crippen LogP contribution in [0.4, 0.5) is 10.1 Å². The molecule has 1 saturated carbocycles. The molecule has 0 radical (unpaired) electrons. The molecule has 1 fully saturated rings. The molecule has 28 heavy (non-hydrogen) atoms. The minimum Gasteiger partial charge on any atom is -0.331 e. The van der Waals surface area contributed by atoms with E-state index in [2.05, 4.69) is 5.32 Å². The van der Waals surface area contributed by atoms with Gasteiger partial charge in [-0.25, -0.2) is 4.39 Å². The van der Waals surface area contributed by atoms with Gasteiger partial charge >= 0.3 is 0 Å². The van der Waals surface area contributed by atoms with Gasteiger partial charge in [-0.05, 0) is 43.2 Å². The third-order valence-corrected chi connectivity index (χ3v) is 5.04. The Morgan fingerprint density at radius 3 is 2.46 bits per heavy atom. The Hall–Kier alpha value is -2.40. The Bertz CT molecular complexity index is 883. The van der Waals surface area contributed by atoms with E-state index in [1.54, 1.807) is 41.3 Å². The summed E-state index contributed by atoms with van der Waals surface area (Å²) in [4.78, 5) is 27.0.